The SMILES string of the molecule is O.O.O.O.[Mn+2].[NH-][C@@H](CCC(=O)O)C(=O)O.[NH-][C@@H](CCC(=O)O)C(=O)O. The molecule has 0 bridgehead atoms. The molecule has 0 aromatic carbocycles. The molecule has 0 unspecified atom stereocenters. The Labute approximate surface area is 152 Å². The molecule has 0 aliphatic heterocycles. The van der Waals surface area contributed by atoms with Gasteiger partial charge >= 0.3 is 29.0 Å². The van der Waals surface area contributed by atoms with Gasteiger partial charge in [0.2, 0.25) is 0 Å². The van der Waals surface area contributed by atoms with Crippen molar-refractivity contribution in [1.82, 2.24) is 0 Å². The van der Waals surface area contributed by atoms with Crippen LogP contribution in [-0.2, 0) is 36.2 Å². The maximum Gasteiger partial charge on any atom is 2.00 e. The Morgan fingerprint density at radius 1 is 0.640 bits per heavy atom. The van der Waals surface area contributed by atoms with Gasteiger partial charge in [-0.15, -0.1) is 0 Å². The van der Waals surface area contributed by atoms with Crippen LogP contribution in [0.15, 0.2) is 0 Å². The number of carboxylic acids is 4. The number of aliphatic carboxylic acids is 4. The quantitative estimate of drug-likeness (QED) is 0.301. The van der Waals surface area contributed by atoms with E-state index in [2.05, 4.69) is 0 Å². The summed E-state index contributed by atoms with van der Waals surface area (Å²) in [6.45, 7) is 0. The fraction of sp³-hybridized carbons (Fsp3) is 0.600. The standard InChI is InChI=1S/2C5H8NO4.Mn.4H2O/c2*6-3(5(9)10)1-2-4(7)8;;;;;/h2*3,6H,1-2H2,(H,7,8)(H,9,10);;4*1H2/q2*-1;+2;;;;/t2*3-;;;;;/m00...../s1. The van der Waals surface area contributed by atoms with Crippen molar-refractivity contribution in [1.29, 1.82) is 0 Å². The molecule has 153 valence electrons. The van der Waals surface area contributed by atoms with Gasteiger partial charge in [0, 0.05) is 12.8 Å². The summed E-state index contributed by atoms with van der Waals surface area (Å²) in [6, 6.07) is -2.62. The van der Waals surface area contributed by atoms with Crippen LogP contribution in [-0.4, -0.2) is 78.3 Å². The summed E-state index contributed by atoms with van der Waals surface area (Å²) in [5.41, 5.74) is 13.5. The van der Waals surface area contributed by atoms with Crippen LogP contribution in [0.25, 0.3) is 11.5 Å². The van der Waals surface area contributed by atoms with Gasteiger partial charge in [-0.05, 0) is 24.9 Å². The van der Waals surface area contributed by atoms with E-state index in [9.17, 15) is 19.2 Å². The number of carboxylic acid groups (broad SMARTS) is 4. The van der Waals surface area contributed by atoms with Crippen LogP contribution in [0.4, 0.5) is 0 Å². The maximum absolute atomic E-state index is 9.93. The van der Waals surface area contributed by atoms with E-state index in [1.165, 1.54) is 0 Å². The van der Waals surface area contributed by atoms with E-state index >= 15 is 0 Å². The smallest absolute Gasteiger partial charge is 0.665 e. The molecular formula is C10H24MnN2O12. The average Bonchev–Trinajstić information content (AvgIpc) is 2.33. The third-order valence-corrected chi connectivity index (χ3v) is 1.89. The van der Waals surface area contributed by atoms with Crippen molar-refractivity contribution in [3.05, 3.63) is 11.5 Å². The molecule has 14 N–H and O–H groups in total. The zero-order chi connectivity index (χ0) is 16.3. The number of rotatable bonds is 8. The number of hydrogen-bond donors (Lipinski definition) is 4. The average molecular weight is 419 g/mol. The van der Waals surface area contributed by atoms with Crippen LogP contribution in [0.1, 0.15) is 25.7 Å². The summed E-state index contributed by atoms with van der Waals surface area (Å²) in [5, 5.41) is 32.4. The molecule has 0 rings (SSSR count). The summed E-state index contributed by atoms with van der Waals surface area (Å²) >= 11 is 0. The summed E-state index contributed by atoms with van der Waals surface area (Å²) < 4.78 is 0. The molecule has 0 fully saturated rings. The first kappa shape index (κ1) is 43.6. The monoisotopic (exact) mass is 419 g/mol. The third kappa shape index (κ3) is 34.5. The Balaban J connectivity index is -0.0000000432. The zero-order valence-corrected chi connectivity index (χ0v) is 14.0. The fourth-order valence-corrected chi connectivity index (χ4v) is 0.783. The van der Waals surface area contributed by atoms with Gasteiger partial charge < -0.3 is 53.8 Å². The van der Waals surface area contributed by atoms with Crippen LogP contribution in [0.3, 0.4) is 0 Å². The van der Waals surface area contributed by atoms with Crippen LogP contribution >= 0.6 is 0 Å². The van der Waals surface area contributed by atoms with Gasteiger partial charge in [0.25, 0.3) is 11.9 Å². The van der Waals surface area contributed by atoms with Crippen molar-refractivity contribution in [3.63, 3.8) is 0 Å². The largest absolute Gasteiger partial charge is 2.00 e. The van der Waals surface area contributed by atoms with Gasteiger partial charge in [0.15, 0.2) is 0 Å². The minimum absolute atomic E-state index is 0. The predicted molar refractivity (Wildman–Crippen MR) is 79.7 cm³/mol. The predicted octanol–water partition coefficient (Wildman–Crippen LogP) is -2.59. The molecule has 0 spiro atoms. The van der Waals surface area contributed by atoms with Gasteiger partial charge in [-0.3, -0.25) is 19.2 Å². The van der Waals surface area contributed by atoms with Crippen LogP contribution in [0, 0.1) is 0 Å². The molecule has 1 radical (unpaired) electrons. The van der Waals surface area contributed by atoms with Crippen LogP contribution < -0.4 is 0 Å². The molecule has 15 heteroatoms. The maximum atomic E-state index is 9.93. The molecule has 2 atom stereocenters. The molecular weight excluding hydrogens is 395 g/mol. The van der Waals surface area contributed by atoms with Crippen molar-refractivity contribution >= 4 is 23.9 Å². The normalized spacial score (nSPS) is 10.0. The van der Waals surface area contributed by atoms with Crippen molar-refractivity contribution in [2.24, 2.45) is 0 Å². The topological polar surface area (TPSA) is 323 Å². The van der Waals surface area contributed by atoms with E-state index in [-0.39, 0.29) is 64.7 Å². The summed E-state index contributed by atoms with van der Waals surface area (Å²) in [5.74, 6) is -4.69. The van der Waals surface area contributed by atoms with Gasteiger partial charge in [0.05, 0.1) is 0 Å². The Morgan fingerprint density at radius 3 is 0.960 bits per heavy atom. The third-order valence-electron chi connectivity index (χ3n) is 1.89. The van der Waals surface area contributed by atoms with Gasteiger partial charge in [-0.1, -0.05) is 0 Å². The molecule has 14 nitrogen and oxygen atoms in total. The second-order valence-corrected chi connectivity index (χ2v) is 3.65. The van der Waals surface area contributed by atoms with E-state index < -0.39 is 36.0 Å². The molecule has 0 amide bonds. The minimum Gasteiger partial charge on any atom is -0.665 e. The van der Waals surface area contributed by atoms with E-state index in [1.807, 2.05) is 0 Å². The molecule has 0 aromatic rings. The molecule has 0 saturated heterocycles. The molecule has 25 heavy (non-hydrogen) atoms. The first-order valence-electron chi connectivity index (χ1n) is 5.39. The van der Waals surface area contributed by atoms with Crippen molar-refractivity contribution in [2.75, 3.05) is 0 Å². The second kappa shape index (κ2) is 24.4. The summed E-state index contributed by atoms with van der Waals surface area (Å²) in [6.07, 6.45) is -0.795. The minimum atomic E-state index is -1.31. The van der Waals surface area contributed by atoms with E-state index in [0.29, 0.717) is 0 Å². The van der Waals surface area contributed by atoms with E-state index in [4.69, 9.17) is 31.9 Å². The number of nitrogens with one attached hydrogen (secondary N) is 2. The Kier molecular flexibility index (Phi) is 42.5. The molecule has 0 aliphatic rings. The first-order valence-corrected chi connectivity index (χ1v) is 5.39. The van der Waals surface area contributed by atoms with Gasteiger partial charge in [-0.2, -0.15) is 0 Å². The molecule has 0 aromatic heterocycles. The molecule has 0 saturated carbocycles. The van der Waals surface area contributed by atoms with Crippen molar-refractivity contribution in [2.45, 2.75) is 37.8 Å². The second-order valence-electron chi connectivity index (χ2n) is 3.65. The van der Waals surface area contributed by atoms with E-state index in [0.717, 1.165) is 0 Å². The zero-order valence-electron chi connectivity index (χ0n) is 12.8. The number of carbonyl (C=O) groups is 4. The van der Waals surface area contributed by atoms with Crippen LogP contribution in [0.2, 0.25) is 0 Å². The Hall–Kier alpha value is -1.84. The van der Waals surface area contributed by atoms with Gasteiger partial charge in [0.1, 0.15) is 0 Å². The first-order chi connectivity index (χ1) is 9.07. The fourth-order valence-electron chi connectivity index (χ4n) is 0.783. The molecule has 0 heterocycles. The number of hydrogen-bond acceptors (Lipinski definition) is 4. The van der Waals surface area contributed by atoms with Crippen molar-refractivity contribution in [3.8, 4) is 0 Å². The Bertz CT molecular complexity index is 334. The summed E-state index contributed by atoms with van der Waals surface area (Å²) in [7, 11) is 0. The van der Waals surface area contributed by atoms with Crippen LogP contribution in [0.5, 0.6) is 0 Å². The van der Waals surface area contributed by atoms with E-state index in [1.54, 1.807) is 0 Å². The van der Waals surface area contributed by atoms with Crippen molar-refractivity contribution < 1.29 is 78.6 Å². The van der Waals surface area contributed by atoms with Gasteiger partial charge in [-0.25, -0.2) is 0 Å². The molecule has 0 aliphatic carbocycles. The summed E-state index contributed by atoms with van der Waals surface area (Å²) in [4.78, 5) is 39.6. The Morgan fingerprint density at radius 2 is 0.840 bits per heavy atom.